The monoisotopic (exact) mass is 568 g/mol. The summed E-state index contributed by atoms with van der Waals surface area (Å²) >= 11 is 7.77. The molecule has 0 aliphatic heterocycles. The molecule has 0 aliphatic rings. The van der Waals surface area contributed by atoms with Gasteiger partial charge in [-0.15, -0.1) is 0 Å². The zero-order valence-electron chi connectivity index (χ0n) is 19.3. The second kappa shape index (κ2) is 9.81. The lowest BCUT2D eigenvalue weighted by Gasteiger charge is -2.18. The molecule has 0 fully saturated rings. The first kappa shape index (κ1) is 22.9. The highest BCUT2D eigenvalue weighted by molar-refractivity contribution is 14.1. The van der Waals surface area contributed by atoms with Crippen LogP contribution in [0.25, 0.3) is 44.0 Å². The lowest BCUT2D eigenvalue weighted by molar-refractivity contribution is 0.875. The number of hydrogen-bond donors (Lipinski definition) is 0. The SMILES string of the molecule is CC(C)c1c(/C=C/C=C(\C=S)c2ccc3ccc(I)cc3c2)c2ccccc2c2ccccc12. The summed E-state index contributed by atoms with van der Waals surface area (Å²) in [5.41, 5.74) is 4.87. The van der Waals surface area contributed by atoms with Crippen LogP contribution in [-0.2, 0) is 0 Å². The lowest BCUT2D eigenvalue weighted by atomic mass is 9.86. The molecule has 166 valence electrons. The normalized spacial score (nSPS) is 12.4. The molecule has 5 aromatic rings. The molecule has 0 radical (unpaired) electrons. The van der Waals surface area contributed by atoms with Crippen LogP contribution in [0.3, 0.4) is 0 Å². The van der Waals surface area contributed by atoms with Crippen molar-refractivity contribution in [2.45, 2.75) is 19.8 Å². The van der Waals surface area contributed by atoms with E-state index >= 15 is 0 Å². The molecule has 0 spiro atoms. The molecule has 0 aliphatic carbocycles. The second-order valence-electron chi connectivity index (χ2n) is 8.88. The zero-order chi connectivity index (χ0) is 23.7. The summed E-state index contributed by atoms with van der Waals surface area (Å²) in [7, 11) is 0. The van der Waals surface area contributed by atoms with Crippen molar-refractivity contribution in [3.05, 3.63) is 117 Å². The third-order valence-corrected chi connectivity index (χ3v) is 7.32. The van der Waals surface area contributed by atoms with Crippen LogP contribution in [0.1, 0.15) is 36.5 Å². The largest absolute Gasteiger partial charge is 0.0881 e. The van der Waals surface area contributed by atoms with Crippen molar-refractivity contribution in [1.82, 2.24) is 0 Å². The Balaban J connectivity index is 1.64. The van der Waals surface area contributed by atoms with Crippen molar-refractivity contribution in [3.8, 4) is 0 Å². The van der Waals surface area contributed by atoms with Gasteiger partial charge in [-0.2, -0.15) is 0 Å². The fraction of sp³-hybridized carbons (Fsp3) is 0.0938. The summed E-state index contributed by atoms with van der Waals surface area (Å²) in [5, 5.41) is 9.50. The molecule has 0 saturated carbocycles. The fourth-order valence-corrected chi connectivity index (χ4v) is 5.58. The van der Waals surface area contributed by atoms with Crippen molar-refractivity contribution < 1.29 is 0 Å². The number of halogens is 1. The highest BCUT2D eigenvalue weighted by Crippen LogP contribution is 2.37. The van der Waals surface area contributed by atoms with Crippen LogP contribution < -0.4 is 0 Å². The van der Waals surface area contributed by atoms with E-state index in [1.165, 1.54) is 47.0 Å². The summed E-state index contributed by atoms with van der Waals surface area (Å²) in [6.07, 6.45) is 6.54. The van der Waals surface area contributed by atoms with E-state index in [0.717, 1.165) is 11.1 Å². The minimum atomic E-state index is 0.408. The molecular weight excluding hydrogens is 543 g/mol. The molecule has 2 heteroatoms. The Hall–Kier alpha value is -2.82. The standard InChI is InChI=1S/C32H25IS/c1-21(2)32-30-12-6-5-11-28(30)27-9-3-4-10-29(27)31(32)13-7-8-24(20-34)23-15-14-22-16-17-26(33)19-25(22)18-23/h3-21H,1-2H3/b13-7+,24-8+. The van der Waals surface area contributed by atoms with Gasteiger partial charge < -0.3 is 0 Å². The van der Waals surface area contributed by atoms with Crippen LogP contribution >= 0.6 is 34.8 Å². The summed E-state index contributed by atoms with van der Waals surface area (Å²) in [6.45, 7) is 4.56. The van der Waals surface area contributed by atoms with E-state index in [0.29, 0.717) is 5.92 Å². The number of fused-ring (bicyclic) bond motifs is 4. The first-order valence-corrected chi connectivity index (χ1v) is 13.1. The molecule has 0 unspecified atom stereocenters. The van der Waals surface area contributed by atoms with Gasteiger partial charge in [0.15, 0.2) is 0 Å². The second-order valence-corrected chi connectivity index (χ2v) is 10.4. The molecular formula is C32H25IS. The molecule has 0 heterocycles. The minimum absolute atomic E-state index is 0.408. The quantitative estimate of drug-likeness (QED) is 0.0669. The van der Waals surface area contributed by atoms with Crippen molar-refractivity contribution in [2.24, 2.45) is 0 Å². The maximum atomic E-state index is 5.41. The smallest absolute Gasteiger partial charge is 0.0136 e. The molecule has 0 amide bonds. The Bertz CT molecular complexity index is 1600. The Labute approximate surface area is 220 Å². The molecule has 5 rings (SSSR count). The number of benzene rings is 5. The topological polar surface area (TPSA) is 0 Å². The van der Waals surface area contributed by atoms with E-state index in [9.17, 15) is 0 Å². The van der Waals surface area contributed by atoms with Gasteiger partial charge in [0.05, 0.1) is 0 Å². The first-order valence-electron chi connectivity index (χ1n) is 11.5. The van der Waals surface area contributed by atoms with Crippen LogP contribution in [-0.4, -0.2) is 5.37 Å². The fourth-order valence-electron chi connectivity index (χ4n) is 4.85. The Morgan fingerprint density at radius 1 is 0.765 bits per heavy atom. The van der Waals surface area contributed by atoms with Crippen LogP contribution in [0.2, 0.25) is 0 Å². The van der Waals surface area contributed by atoms with Crippen LogP contribution in [0.15, 0.2) is 97.1 Å². The van der Waals surface area contributed by atoms with Gasteiger partial charge in [0.2, 0.25) is 0 Å². The van der Waals surface area contributed by atoms with Crippen LogP contribution in [0.4, 0.5) is 0 Å². The number of hydrogen-bond acceptors (Lipinski definition) is 1. The van der Waals surface area contributed by atoms with Gasteiger partial charge in [-0.25, -0.2) is 0 Å². The summed E-state index contributed by atoms with van der Waals surface area (Å²) in [6, 6.07) is 30.6. The first-order chi connectivity index (χ1) is 16.6. The van der Waals surface area contributed by atoms with E-state index in [1.807, 2.05) is 0 Å². The maximum absolute atomic E-state index is 5.41. The Morgan fingerprint density at radius 2 is 1.41 bits per heavy atom. The Kier molecular flexibility index (Phi) is 6.62. The summed E-state index contributed by atoms with van der Waals surface area (Å²) in [5.74, 6) is 0.408. The number of allylic oxidation sites excluding steroid dienone is 3. The van der Waals surface area contributed by atoms with E-state index in [2.05, 4.69) is 140 Å². The van der Waals surface area contributed by atoms with Crippen molar-refractivity contribution in [2.75, 3.05) is 0 Å². The van der Waals surface area contributed by atoms with Crippen molar-refractivity contribution in [3.63, 3.8) is 0 Å². The molecule has 0 saturated heterocycles. The van der Waals surface area contributed by atoms with Crippen LogP contribution in [0, 0.1) is 3.57 Å². The average Bonchev–Trinajstić information content (AvgIpc) is 2.85. The van der Waals surface area contributed by atoms with E-state index < -0.39 is 0 Å². The summed E-state index contributed by atoms with van der Waals surface area (Å²) < 4.78 is 1.24. The summed E-state index contributed by atoms with van der Waals surface area (Å²) in [4.78, 5) is 0. The van der Waals surface area contributed by atoms with E-state index in [-0.39, 0.29) is 0 Å². The lowest BCUT2D eigenvalue weighted by Crippen LogP contribution is -1.96. The highest BCUT2D eigenvalue weighted by Gasteiger charge is 2.14. The molecule has 0 bridgehead atoms. The molecule has 0 aromatic heterocycles. The molecule has 0 atom stereocenters. The van der Waals surface area contributed by atoms with Gasteiger partial charge in [0.1, 0.15) is 0 Å². The maximum Gasteiger partial charge on any atom is 0.0136 e. The number of thiocarbonyl (C=S) groups is 1. The van der Waals surface area contributed by atoms with E-state index in [1.54, 1.807) is 5.37 Å². The third kappa shape index (κ3) is 4.33. The molecule has 34 heavy (non-hydrogen) atoms. The van der Waals surface area contributed by atoms with Gasteiger partial charge >= 0.3 is 0 Å². The zero-order valence-corrected chi connectivity index (χ0v) is 22.2. The third-order valence-electron chi connectivity index (χ3n) is 6.39. The molecule has 0 N–H and O–H groups in total. The Morgan fingerprint density at radius 3 is 2.12 bits per heavy atom. The number of rotatable bonds is 5. The van der Waals surface area contributed by atoms with Gasteiger partial charge in [-0.05, 0) is 101 Å². The van der Waals surface area contributed by atoms with Crippen LogP contribution in [0.5, 0.6) is 0 Å². The van der Waals surface area contributed by atoms with Crippen molar-refractivity contribution >= 4 is 84.1 Å². The molecule has 0 nitrogen and oxygen atoms in total. The van der Waals surface area contributed by atoms with Crippen molar-refractivity contribution in [1.29, 1.82) is 0 Å². The predicted octanol–water partition coefficient (Wildman–Crippen LogP) is 9.97. The highest BCUT2D eigenvalue weighted by atomic mass is 127. The predicted molar refractivity (Wildman–Crippen MR) is 163 cm³/mol. The van der Waals surface area contributed by atoms with Gasteiger partial charge in [-0.3, -0.25) is 0 Å². The molecule has 5 aromatic carbocycles. The van der Waals surface area contributed by atoms with Gasteiger partial charge in [0, 0.05) is 8.94 Å². The van der Waals surface area contributed by atoms with E-state index in [4.69, 9.17) is 12.2 Å². The average molecular weight is 569 g/mol. The van der Waals surface area contributed by atoms with Gasteiger partial charge in [-0.1, -0.05) is 111 Å². The van der Waals surface area contributed by atoms with Gasteiger partial charge in [0.25, 0.3) is 0 Å². The minimum Gasteiger partial charge on any atom is -0.0881 e.